The molecule has 0 heterocycles. The highest BCUT2D eigenvalue weighted by Gasteiger charge is 2.34. The number of aryl methyl sites for hydroxylation is 1. The molecular formula is C41H42FN3O5S. The van der Waals surface area contributed by atoms with Crippen LogP contribution in [-0.4, -0.2) is 44.3 Å². The van der Waals surface area contributed by atoms with Crippen LogP contribution in [-0.2, 0) is 32.6 Å². The molecule has 0 aliphatic rings. The van der Waals surface area contributed by atoms with Crippen LogP contribution in [0.1, 0.15) is 36.5 Å². The third-order valence-corrected chi connectivity index (χ3v) is 10.1. The monoisotopic (exact) mass is 707 g/mol. The maximum absolute atomic E-state index is 14.6. The number of para-hydroxylation sites is 1. The minimum Gasteiger partial charge on any atom is -0.457 e. The molecule has 0 fully saturated rings. The predicted molar refractivity (Wildman–Crippen MR) is 197 cm³/mol. The highest BCUT2D eigenvalue weighted by atomic mass is 32.2. The van der Waals surface area contributed by atoms with Crippen molar-refractivity contribution < 1.29 is 27.1 Å². The van der Waals surface area contributed by atoms with Crippen molar-refractivity contribution in [1.29, 1.82) is 0 Å². The minimum absolute atomic E-state index is 0.00809. The Kier molecular flexibility index (Phi) is 12.6. The molecule has 2 amide bonds. The van der Waals surface area contributed by atoms with Crippen molar-refractivity contribution in [2.45, 2.75) is 50.6 Å². The number of carbonyl (C=O) groups is 2. The number of nitrogens with zero attached hydrogens (tertiary/aromatic N) is 2. The van der Waals surface area contributed by atoms with Crippen molar-refractivity contribution in [3.8, 4) is 11.5 Å². The lowest BCUT2D eigenvalue weighted by molar-refractivity contribution is -0.140. The summed E-state index contributed by atoms with van der Waals surface area (Å²) in [5, 5.41) is 2.97. The number of ether oxygens (including phenoxy) is 1. The zero-order valence-electron chi connectivity index (χ0n) is 28.7. The Morgan fingerprint density at radius 1 is 0.765 bits per heavy atom. The fourth-order valence-electron chi connectivity index (χ4n) is 5.52. The van der Waals surface area contributed by atoms with E-state index in [0.29, 0.717) is 23.6 Å². The first-order valence-electron chi connectivity index (χ1n) is 16.9. The third-order valence-electron chi connectivity index (χ3n) is 8.36. The minimum atomic E-state index is -4.28. The third kappa shape index (κ3) is 10.0. The lowest BCUT2D eigenvalue weighted by Crippen LogP contribution is -2.53. The van der Waals surface area contributed by atoms with Crippen LogP contribution >= 0.6 is 0 Å². The maximum atomic E-state index is 14.6. The van der Waals surface area contributed by atoms with Crippen LogP contribution in [0.2, 0.25) is 0 Å². The van der Waals surface area contributed by atoms with Crippen LogP contribution in [0, 0.1) is 12.7 Å². The molecule has 0 saturated carbocycles. The lowest BCUT2D eigenvalue weighted by atomic mass is 10.0. The molecule has 0 bridgehead atoms. The summed E-state index contributed by atoms with van der Waals surface area (Å²) in [6.45, 7) is 3.63. The number of nitrogens with one attached hydrogen (secondary N) is 1. The van der Waals surface area contributed by atoms with Gasteiger partial charge in [-0.3, -0.25) is 13.9 Å². The summed E-state index contributed by atoms with van der Waals surface area (Å²) in [7, 11) is -4.28. The van der Waals surface area contributed by atoms with E-state index in [4.69, 9.17) is 4.74 Å². The zero-order chi connectivity index (χ0) is 36.2. The number of unbranched alkanes of at least 4 members (excludes halogenated alkanes) is 1. The van der Waals surface area contributed by atoms with E-state index in [1.807, 2.05) is 62.4 Å². The normalized spacial score (nSPS) is 11.7. The number of benzene rings is 5. The number of carbonyl (C=O) groups excluding carboxylic acids is 2. The Morgan fingerprint density at radius 3 is 2.00 bits per heavy atom. The highest BCUT2D eigenvalue weighted by Crippen LogP contribution is 2.29. The van der Waals surface area contributed by atoms with Gasteiger partial charge in [0.15, 0.2) is 0 Å². The van der Waals surface area contributed by atoms with Gasteiger partial charge in [0.2, 0.25) is 11.8 Å². The largest absolute Gasteiger partial charge is 0.457 e. The topological polar surface area (TPSA) is 96.0 Å². The molecule has 0 radical (unpaired) electrons. The Labute approximate surface area is 299 Å². The van der Waals surface area contributed by atoms with Gasteiger partial charge in [-0.15, -0.1) is 0 Å². The van der Waals surface area contributed by atoms with Crippen molar-refractivity contribution in [3.63, 3.8) is 0 Å². The summed E-state index contributed by atoms with van der Waals surface area (Å²) in [4.78, 5) is 29.9. The summed E-state index contributed by atoms with van der Waals surface area (Å²) < 4.78 is 49.6. The van der Waals surface area contributed by atoms with Gasteiger partial charge >= 0.3 is 0 Å². The van der Waals surface area contributed by atoms with E-state index in [2.05, 4.69) is 5.32 Å². The van der Waals surface area contributed by atoms with Crippen LogP contribution in [0.25, 0.3) is 0 Å². The molecule has 5 aromatic rings. The predicted octanol–water partition coefficient (Wildman–Crippen LogP) is 7.68. The Morgan fingerprint density at radius 2 is 1.37 bits per heavy atom. The van der Waals surface area contributed by atoms with Crippen molar-refractivity contribution >= 4 is 27.5 Å². The van der Waals surface area contributed by atoms with E-state index in [1.54, 1.807) is 60.7 Å². The second kappa shape index (κ2) is 17.4. The van der Waals surface area contributed by atoms with E-state index >= 15 is 0 Å². The first-order valence-corrected chi connectivity index (χ1v) is 18.4. The molecule has 0 aliphatic heterocycles. The molecule has 8 nitrogen and oxygen atoms in total. The molecule has 51 heavy (non-hydrogen) atoms. The molecule has 10 heteroatoms. The summed E-state index contributed by atoms with van der Waals surface area (Å²) in [5.74, 6) is -0.314. The Balaban J connectivity index is 1.54. The molecule has 0 saturated heterocycles. The number of anilines is 1. The van der Waals surface area contributed by atoms with Gasteiger partial charge < -0.3 is 15.0 Å². The highest BCUT2D eigenvalue weighted by molar-refractivity contribution is 7.92. The summed E-state index contributed by atoms with van der Waals surface area (Å²) in [6.07, 6.45) is 1.80. The molecular weight excluding hydrogens is 666 g/mol. The molecule has 1 N–H and O–H groups in total. The van der Waals surface area contributed by atoms with Gasteiger partial charge in [0.05, 0.1) is 10.6 Å². The number of hydrogen-bond acceptors (Lipinski definition) is 5. The zero-order valence-corrected chi connectivity index (χ0v) is 29.6. The molecule has 0 aromatic heterocycles. The van der Waals surface area contributed by atoms with Gasteiger partial charge in [0.1, 0.15) is 29.9 Å². The fraction of sp³-hybridized carbons (Fsp3) is 0.220. The van der Waals surface area contributed by atoms with Gasteiger partial charge in [-0.2, -0.15) is 0 Å². The van der Waals surface area contributed by atoms with Gasteiger partial charge in [0.25, 0.3) is 10.0 Å². The lowest BCUT2D eigenvalue weighted by Gasteiger charge is -2.34. The van der Waals surface area contributed by atoms with E-state index in [9.17, 15) is 22.4 Å². The average molecular weight is 708 g/mol. The smallest absolute Gasteiger partial charge is 0.264 e. The first kappa shape index (κ1) is 36.8. The van der Waals surface area contributed by atoms with E-state index in [-0.39, 0.29) is 29.5 Å². The second-order valence-electron chi connectivity index (χ2n) is 12.2. The molecule has 0 spiro atoms. The number of hydrogen-bond donors (Lipinski definition) is 1. The fourth-order valence-corrected chi connectivity index (χ4v) is 6.93. The number of sulfonamides is 1. The van der Waals surface area contributed by atoms with Crippen LogP contribution in [0.4, 0.5) is 10.1 Å². The molecule has 1 atom stereocenters. The number of amides is 2. The molecule has 264 valence electrons. The first-order chi connectivity index (χ1) is 24.6. The summed E-state index contributed by atoms with van der Waals surface area (Å²) >= 11 is 0. The molecule has 0 aliphatic carbocycles. The number of rotatable bonds is 16. The summed E-state index contributed by atoms with van der Waals surface area (Å²) in [6, 6.07) is 36.0. The van der Waals surface area contributed by atoms with E-state index in [0.717, 1.165) is 28.3 Å². The molecule has 5 rings (SSSR count). The van der Waals surface area contributed by atoms with Gasteiger partial charge in [-0.25, -0.2) is 12.8 Å². The Bertz CT molecular complexity index is 1970. The summed E-state index contributed by atoms with van der Waals surface area (Å²) in [5.41, 5.74) is 2.52. The van der Waals surface area contributed by atoms with Crippen LogP contribution in [0.5, 0.6) is 11.5 Å². The van der Waals surface area contributed by atoms with E-state index < -0.39 is 34.3 Å². The van der Waals surface area contributed by atoms with Gasteiger partial charge in [-0.1, -0.05) is 91.7 Å². The van der Waals surface area contributed by atoms with Crippen molar-refractivity contribution in [2.24, 2.45) is 0 Å². The maximum Gasteiger partial charge on any atom is 0.264 e. The standard InChI is InChI=1S/C41H42FN3O5S/c1-3-4-27-43-41(47)39(28-32-11-7-5-8-12-32)44(29-33-17-19-34(42)20-18-33)40(46)30-45(51(48,49)38-25-15-31(2)16-26-38)35-21-23-37(24-22-35)50-36-13-9-6-10-14-36/h5-26,39H,3-4,27-30H2,1-2H3,(H,43,47). The quantitative estimate of drug-likeness (QED) is 0.106. The van der Waals surface area contributed by atoms with Crippen LogP contribution < -0.4 is 14.4 Å². The number of halogens is 1. The van der Waals surface area contributed by atoms with Crippen molar-refractivity contribution in [1.82, 2.24) is 10.2 Å². The van der Waals surface area contributed by atoms with E-state index in [1.165, 1.54) is 29.2 Å². The SMILES string of the molecule is CCCCNC(=O)C(Cc1ccccc1)N(Cc1ccc(F)cc1)C(=O)CN(c1ccc(Oc2ccccc2)cc1)S(=O)(=O)c1ccc(C)cc1. The van der Waals surface area contributed by atoms with Gasteiger partial charge in [0, 0.05) is 19.5 Å². The molecule has 5 aromatic carbocycles. The van der Waals surface area contributed by atoms with Crippen LogP contribution in [0.3, 0.4) is 0 Å². The van der Waals surface area contributed by atoms with Crippen molar-refractivity contribution in [3.05, 3.63) is 156 Å². The second-order valence-corrected chi connectivity index (χ2v) is 14.1. The van der Waals surface area contributed by atoms with Crippen LogP contribution in [0.15, 0.2) is 138 Å². The molecule has 1 unspecified atom stereocenters. The average Bonchev–Trinajstić information content (AvgIpc) is 3.14. The van der Waals surface area contributed by atoms with Crippen molar-refractivity contribution in [2.75, 3.05) is 17.4 Å². The Hall–Kier alpha value is -5.48. The van der Waals surface area contributed by atoms with Gasteiger partial charge in [-0.05, 0) is 85.1 Å².